The van der Waals surface area contributed by atoms with Gasteiger partial charge >= 0.3 is 0 Å². The number of halogens is 2. The lowest BCUT2D eigenvalue weighted by atomic mass is 9.58. The third kappa shape index (κ3) is 3.48. The lowest BCUT2D eigenvalue weighted by molar-refractivity contribution is -0.135. The van der Waals surface area contributed by atoms with Crippen LogP contribution in [0.1, 0.15) is 40.6 Å². The van der Waals surface area contributed by atoms with Crippen LogP contribution in [-0.4, -0.2) is 46.3 Å². The number of amidine groups is 1. The molecular formula is C29H22Cl2N4O3. The Labute approximate surface area is 229 Å². The largest absolute Gasteiger partial charge is 0.508 e. The Bertz CT molecular complexity index is 1600. The van der Waals surface area contributed by atoms with Gasteiger partial charge in [-0.2, -0.15) is 5.10 Å². The maximum Gasteiger partial charge on any atom is 0.262 e. The Morgan fingerprint density at radius 3 is 2.66 bits per heavy atom. The van der Waals surface area contributed by atoms with Crippen LogP contribution in [0.4, 0.5) is 5.69 Å². The number of fused-ring (bicyclic) bond motifs is 3. The van der Waals surface area contributed by atoms with Crippen molar-refractivity contribution in [1.82, 2.24) is 9.91 Å². The van der Waals surface area contributed by atoms with Crippen LogP contribution in [0.15, 0.2) is 65.8 Å². The smallest absolute Gasteiger partial charge is 0.262 e. The van der Waals surface area contributed by atoms with Gasteiger partial charge in [0.2, 0.25) is 5.91 Å². The number of likely N-dealkylation sites (N-methyl/N-ethyl adjacent to an activating group) is 1. The molecule has 1 saturated heterocycles. The second-order valence-corrected chi connectivity index (χ2v) is 10.6. The van der Waals surface area contributed by atoms with Gasteiger partial charge in [-0.05, 0) is 53.6 Å². The molecule has 1 spiro atoms. The molecule has 0 bridgehead atoms. The fourth-order valence-electron chi connectivity index (χ4n) is 6.13. The van der Waals surface area contributed by atoms with E-state index in [0.717, 1.165) is 5.56 Å². The molecule has 0 saturated carbocycles. The molecule has 0 radical (unpaired) electrons. The van der Waals surface area contributed by atoms with E-state index in [9.17, 15) is 14.7 Å². The van der Waals surface area contributed by atoms with Crippen LogP contribution in [0.5, 0.6) is 5.75 Å². The van der Waals surface area contributed by atoms with E-state index < -0.39 is 17.4 Å². The highest BCUT2D eigenvalue weighted by Crippen LogP contribution is 2.61. The van der Waals surface area contributed by atoms with E-state index in [1.165, 1.54) is 11.1 Å². The molecule has 3 aromatic rings. The van der Waals surface area contributed by atoms with Crippen molar-refractivity contribution >= 4 is 46.5 Å². The lowest BCUT2D eigenvalue weighted by Gasteiger charge is -2.54. The van der Waals surface area contributed by atoms with Crippen LogP contribution < -0.4 is 5.32 Å². The fraction of sp³-hybridized carbons (Fsp3) is 0.207. The van der Waals surface area contributed by atoms with Gasteiger partial charge in [0.1, 0.15) is 23.5 Å². The predicted molar refractivity (Wildman–Crippen MR) is 146 cm³/mol. The number of hydrogen-bond acceptors (Lipinski definition) is 5. The topological polar surface area (TPSA) is 85.2 Å². The lowest BCUT2D eigenvalue weighted by Crippen LogP contribution is -2.61. The number of carbonyl (C=O) groups excluding carboxylic acids is 2. The number of piperidine rings is 1. The quantitative estimate of drug-likeness (QED) is 0.450. The first-order chi connectivity index (χ1) is 18.2. The average molecular weight is 545 g/mol. The highest BCUT2D eigenvalue weighted by atomic mass is 35.5. The number of aromatic hydroxyl groups is 1. The summed E-state index contributed by atoms with van der Waals surface area (Å²) in [4.78, 5) is 29.2. The fourth-order valence-corrected chi connectivity index (χ4v) is 6.50. The monoisotopic (exact) mass is 544 g/mol. The molecule has 9 heteroatoms. The summed E-state index contributed by atoms with van der Waals surface area (Å²) < 4.78 is 0. The summed E-state index contributed by atoms with van der Waals surface area (Å²) in [7, 11) is 1.61. The molecule has 0 unspecified atom stereocenters. The van der Waals surface area contributed by atoms with Gasteiger partial charge < -0.3 is 15.3 Å². The zero-order chi connectivity index (χ0) is 26.8. The number of nitrogens with one attached hydrogen (secondary N) is 1. The van der Waals surface area contributed by atoms with Crippen molar-refractivity contribution in [2.24, 2.45) is 5.10 Å². The van der Waals surface area contributed by atoms with Crippen LogP contribution >= 0.6 is 23.2 Å². The Balaban J connectivity index is 1.73. The van der Waals surface area contributed by atoms with Crippen molar-refractivity contribution in [3.8, 4) is 18.1 Å². The molecule has 3 aliphatic heterocycles. The number of anilines is 1. The summed E-state index contributed by atoms with van der Waals surface area (Å²) in [5.74, 6) is 2.22. The molecule has 0 aliphatic carbocycles. The first kappa shape index (κ1) is 24.4. The number of rotatable bonds is 2. The zero-order valence-electron chi connectivity index (χ0n) is 20.3. The van der Waals surface area contributed by atoms with E-state index in [1.54, 1.807) is 37.4 Å². The number of hydrogen-bond donors (Lipinski definition) is 2. The minimum Gasteiger partial charge on any atom is -0.508 e. The molecule has 1 fully saturated rings. The van der Waals surface area contributed by atoms with Gasteiger partial charge in [0.25, 0.3) is 5.91 Å². The van der Waals surface area contributed by atoms with Gasteiger partial charge in [-0.3, -0.25) is 9.59 Å². The second kappa shape index (κ2) is 8.80. The summed E-state index contributed by atoms with van der Waals surface area (Å²) in [6.45, 7) is -0.0278. The highest BCUT2D eigenvalue weighted by Gasteiger charge is 2.64. The van der Waals surface area contributed by atoms with Gasteiger partial charge in [0, 0.05) is 46.2 Å². The van der Waals surface area contributed by atoms with E-state index in [4.69, 9.17) is 29.6 Å². The van der Waals surface area contributed by atoms with Crippen molar-refractivity contribution < 1.29 is 14.7 Å². The van der Waals surface area contributed by atoms with E-state index in [0.29, 0.717) is 44.7 Å². The Kier molecular flexibility index (Phi) is 5.64. The Morgan fingerprint density at radius 2 is 1.89 bits per heavy atom. The van der Waals surface area contributed by atoms with Gasteiger partial charge in [0.15, 0.2) is 0 Å². The number of terminal acetylenes is 1. The van der Waals surface area contributed by atoms with Gasteiger partial charge in [0.05, 0.1) is 6.04 Å². The standard InChI is InChI=1S/C29H22Cl2N4O3/c1-3-16-7-10-24(36)20(11-16)27-29(21-9-8-19(31)13-23(21)32-28(29)38)22(17-5-4-6-18(30)12-17)14-25-33-34(2)26(37)15-35(25)27/h1,4-13,22,27,36H,14-15H2,2H3,(H,32,38)/t22-,27+,29-/m0/s1. The molecule has 2 amide bonds. The third-order valence-electron chi connectivity index (χ3n) is 7.73. The Morgan fingerprint density at radius 1 is 1.11 bits per heavy atom. The van der Waals surface area contributed by atoms with Crippen LogP contribution in [-0.2, 0) is 15.0 Å². The van der Waals surface area contributed by atoms with Gasteiger partial charge in [-0.15, -0.1) is 6.42 Å². The molecule has 38 heavy (non-hydrogen) atoms. The number of amides is 2. The average Bonchev–Trinajstić information content (AvgIpc) is 3.16. The van der Waals surface area contributed by atoms with Crippen LogP contribution in [0.2, 0.25) is 10.0 Å². The van der Waals surface area contributed by atoms with Gasteiger partial charge in [-0.1, -0.05) is 47.3 Å². The normalized spacial score (nSPS) is 24.0. The van der Waals surface area contributed by atoms with E-state index in [-0.39, 0.29) is 24.1 Å². The predicted octanol–water partition coefficient (Wildman–Crippen LogP) is 4.89. The van der Waals surface area contributed by atoms with Crippen molar-refractivity contribution in [2.75, 3.05) is 18.9 Å². The molecule has 190 valence electrons. The van der Waals surface area contributed by atoms with Crippen LogP contribution in [0.3, 0.4) is 0 Å². The number of phenolic OH excluding ortho intramolecular Hbond substituents is 1. The molecule has 7 nitrogen and oxygen atoms in total. The first-order valence-electron chi connectivity index (χ1n) is 12.0. The zero-order valence-corrected chi connectivity index (χ0v) is 21.8. The number of carbonyl (C=O) groups is 2. The second-order valence-electron chi connectivity index (χ2n) is 9.71. The molecule has 6 rings (SSSR count). The minimum absolute atomic E-state index is 0.0278. The van der Waals surface area contributed by atoms with Crippen LogP contribution in [0, 0.1) is 12.3 Å². The summed E-state index contributed by atoms with van der Waals surface area (Å²) in [6.07, 6.45) is 6.08. The van der Waals surface area contributed by atoms with E-state index in [2.05, 4.69) is 16.3 Å². The summed E-state index contributed by atoms with van der Waals surface area (Å²) in [5, 5.41) is 21.2. The number of nitrogens with zero attached hydrogens (tertiary/aromatic N) is 3. The van der Waals surface area contributed by atoms with Gasteiger partial charge in [-0.25, -0.2) is 5.01 Å². The maximum atomic E-state index is 14.4. The molecular weight excluding hydrogens is 523 g/mol. The number of benzene rings is 3. The van der Waals surface area contributed by atoms with E-state index >= 15 is 0 Å². The summed E-state index contributed by atoms with van der Waals surface area (Å²) in [6, 6.07) is 16.7. The summed E-state index contributed by atoms with van der Waals surface area (Å²) >= 11 is 12.8. The molecule has 3 aromatic carbocycles. The summed E-state index contributed by atoms with van der Waals surface area (Å²) in [5.41, 5.74) is 1.78. The molecule has 2 N–H and O–H groups in total. The molecule has 3 atom stereocenters. The molecule has 3 heterocycles. The van der Waals surface area contributed by atoms with E-state index in [1.807, 2.05) is 29.2 Å². The number of phenols is 1. The third-order valence-corrected chi connectivity index (χ3v) is 8.20. The van der Waals surface area contributed by atoms with Crippen molar-refractivity contribution in [3.05, 3.63) is 93.0 Å². The van der Waals surface area contributed by atoms with Crippen molar-refractivity contribution in [2.45, 2.75) is 23.8 Å². The van der Waals surface area contributed by atoms with Crippen molar-refractivity contribution in [3.63, 3.8) is 0 Å². The van der Waals surface area contributed by atoms with Crippen molar-refractivity contribution in [1.29, 1.82) is 0 Å². The highest BCUT2D eigenvalue weighted by molar-refractivity contribution is 6.31. The molecule has 0 aromatic heterocycles. The molecule has 3 aliphatic rings. The Hall–Kier alpha value is -3.99. The SMILES string of the molecule is C#Cc1ccc(O)c([C@H]2N3CC(=O)N(C)N=C3C[C@@H](c3cccc(Cl)c3)[C@]23C(=O)Nc2cc(Cl)ccc23)c1. The first-order valence-corrected chi connectivity index (χ1v) is 12.8. The minimum atomic E-state index is -1.29. The number of hydrazone groups is 1. The maximum absolute atomic E-state index is 14.4. The van der Waals surface area contributed by atoms with Crippen LogP contribution in [0.25, 0.3) is 0 Å².